The second-order valence-corrected chi connectivity index (χ2v) is 9.02. The fraction of sp³-hybridized carbons (Fsp3) is 0.400. The second kappa shape index (κ2) is 6.59. The van der Waals surface area contributed by atoms with Crippen LogP contribution in [0.3, 0.4) is 0 Å². The molecule has 0 spiro atoms. The van der Waals surface area contributed by atoms with Crippen LogP contribution in [0.25, 0.3) is 0 Å². The molecule has 4 rings (SSSR count). The molecule has 0 radical (unpaired) electrons. The molecule has 5 nitrogen and oxygen atoms in total. The number of benzene rings is 2. The smallest absolute Gasteiger partial charge is 0.261 e. The van der Waals surface area contributed by atoms with Gasteiger partial charge in [0, 0.05) is 23.7 Å². The molecule has 138 valence electrons. The number of anilines is 1. The first-order valence-electron chi connectivity index (χ1n) is 9.08. The van der Waals surface area contributed by atoms with Crippen molar-refractivity contribution in [2.24, 2.45) is 0 Å². The summed E-state index contributed by atoms with van der Waals surface area (Å²) >= 11 is 0. The van der Waals surface area contributed by atoms with Gasteiger partial charge in [-0.05, 0) is 54.8 Å². The van der Waals surface area contributed by atoms with E-state index in [4.69, 9.17) is 4.74 Å². The van der Waals surface area contributed by atoms with Crippen molar-refractivity contribution in [2.45, 2.75) is 43.1 Å². The Hall–Kier alpha value is -2.05. The average Bonchev–Trinajstić information content (AvgIpc) is 2.99. The van der Waals surface area contributed by atoms with Crippen LogP contribution in [0.5, 0.6) is 5.75 Å². The van der Waals surface area contributed by atoms with Gasteiger partial charge in [0.15, 0.2) is 0 Å². The summed E-state index contributed by atoms with van der Waals surface area (Å²) in [7, 11) is -3.61. The molecule has 2 aromatic carbocycles. The molecule has 26 heavy (non-hydrogen) atoms. The topological polar surface area (TPSA) is 67.4 Å². The number of ether oxygens (including phenoxy) is 1. The Morgan fingerprint density at radius 1 is 1.15 bits per heavy atom. The highest BCUT2D eigenvalue weighted by atomic mass is 32.2. The van der Waals surface area contributed by atoms with Gasteiger partial charge in [-0.25, -0.2) is 8.42 Å². The first kappa shape index (κ1) is 17.4. The molecule has 6 heteroatoms. The Labute approximate surface area is 154 Å². The molecule has 0 saturated carbocycles. The maximum absolute atomic E-state index is 12.7. The zero-order valence-corrected chi connectivity index (χ0v) is 15.8. The molecule has 2 heterocycles. The van der Waals surface area contributed by atoms with Crippen LogP contribution >= 0.6 is 0 Å². The SMILES string of the molecule is CC(C)c1ccc(S(=O)(=O)Nc2ccc3c(c2)C2CCNCC2O3)cc1. The van der Waals surface area contributed by atoms with Crippen LogP contribution in [-0.4, -0.2) is 27.6 Å². The highest BCUT2D eigenvalue weighted by Crippen LogP contribution is 2.42. The molecule has 2 aliphatic heterocycles. The summed E-state index contributed by atoms with van der Waals surface area (Å²) in [6, 6.07) is 12.6. The lowest BCUT2D eigenvalue weighted by Crippen LogP contribution is -2.39. The van der Waals surface area contributed by atoms with Gasteiger partial charge in [0.2, 0.25) is 0 Å². The number of nitrogens with one attached hydrogen (secondary N) is 2. The van der Waals surface area contributed by atoms with E-state index in [-0.39, 0.29) is 11.0 Å². The summed E-state index contributed by atoms with van der Waals surface area (Å²) in [6.45, 7) is 5.97. The van der Waals surface area contributed by atoms with Gasteiger partial charge in [-0.1, -0.05) is 26.0 Å². The number of hydrogen-bond donors (Lipinski definition) is 2. The minimum absolute atomic E-state index is 0.147. The molecule has 2 N–H and O–H groups in total. The van der Waals surface area contributed by atoms with Crippen LogP contribution < -0.4 is 14.8 Å². The summed E-state index contributed by atoms with van der Waals surface area (Å²) in [4.78, 5) is 0.276. The van der Waals surface area contributed by atoms with Crippen molar-refractivity contribution in [1.82, 2.24) is 5.32 Å². The molecule has 2 atom stereocenters. The molecule has 1 saturated heterocycles. The summed E-state index contributed by atoms with van der Waals surface area (Å²) in [5, 5.41) is 3.34. The summed E-state index contributed by atoms with van der Waals surface area (Å²) < 4.78 is 34.1. The molecule has 2 aromatic rings. The molecular formula is C20H24N2O3S. The molecule has 0 aromatic heterocycles. The molecule has 2 unspecified atom stereocenters. The monoisotopic (exact) mass is 372 g/mol. The molecule has 0 amide bonds. The first-order chi connectivity index (χ1) is 12.4. The van der Waals surface area contributed by atoms with Crippen LogP contribution in [0.4, 0.5) is 5.69 Å². The Morgan fingerprint density at radius 3 is 2.65 bits per heavy atom. The second-order valence-electron chi connectivity index (χ2n) is 7.34. The van der Waals surface area contributed by atoms with E-state index in [0.717, 1.165) is 36.4 Å². The molecule has 2 aliphatic rings. The van der Waals surface area contributed by atoms with Gasteiger partial charge < -0.3 is 10.1 Å². The summed E-state index contributed by atoms with van der Waals surface area (Å²) in [5.74, 6) is 1.57. The maximum atomic E-state index is 12.7. The van der Waals surface area contributed by atoms with Crippen molar-refractivity contribution in [3.63, 3.8) is 0 Å². The lowest BCUT2D eigenvalue weighted by atomic mass is 9.89. The number of rotatable bonds is 4. The number of sulfonamides is 1. The van der Waals surface area contributed by atoms with E-state index in [1.165, 1.54) is 0 Å². The highest BCUT2D eigenvalue weighted by Gasteiger charge is 2.36. The van der Waals surface area contributed by atoms with Gasteiger partial charge in [-0.2, -0.15) is 0 Å². The van der Waals surface area contributed by atoms with Crippen LogP contribution in [0.15, 0.2) is 47.4 Å². The van der Waals surface area contributed by atoms with Crippen molar-refractivity contribution in [3.8, 4) is 5.75 Å². The van der Waals surface area contributed by atoms with Crippen molar-refractivity contribution in [2.75, 3.05) is 17.8 Å². The third-order valence-corrected chi connectivity index (χ3v) is 6.62. The van der Waals surface area contributed by atoms with Gasteiger partial charge in [-0.15, -0.1) is 0 Å². The van der Waals surface area contributed by atoms with E-state index in [1.807, 2.05) is 24.3 Å². The van der Waals surface area contributed by atoms with E-state index in [0.29, 0.717) is 17.5 Å². The first-order valence-corrected chi connectivity index (χ1v) is 10.6. The van der Waals surface area contributed by atoms with Gasteiger partial charge in [0.25, 0.3) is 10.0 Å². The fourth-order valence-corrected chi connectivity index (χ4v) is 4.78. The van der Waals surface area contributed by atoms with Crippen LogP contribution in [-0.2, 0) is 10.0 Å². The van der Waals surface area contributed by atoms with Crippen LogP contribution in [0, 0.1) is 0 Å². The number of hydrogen-bond acceptors (Lipinski definition) is 4. The van der Waals surface area contributed by atoms with Gasteiger partial charge >= 0.3 is 0 Å². The molecule has 1 fully saturated rings. The van der Waals surface area contributed by atoms with Gasteiger partial charge in [0.1, 0.15) is 11.9 Å². The third kappa shape index (κ3) is 3.19. The minimum Gasteiger partial charge on any atom is -0.488 e. The lowest BCUT2D eigenvalue weighted by Gasteiger charge is -2.24. The predicted molar refractivity (Wildman–Crippen MR) is 102 cm³/mol. The van der Waals surface area contributed by atoms with Crippen molar-refractivity contribution in [3.05, 3.63) is 53.6 Å². The van der Waals surface area contributed by atoms with E-state index >= 15 is 0 Å². The highest BCUT2D eigenvalue weighted by molar-refractivity contribution is 7.92. The Kier molecular flexibility index (Phi) is 4.40. The average molecular weight is 372 g/mol. The van der Waals surface area contributed by atoms with Gasteiger partial charge in [-0.3, -0.25) is 4.72 Å². The lowest BCUT2D eigenvalue weighted by molar-refractivity contribution is 0.177. The van der Waals surface area contributed by atoms with Crippen molar-refractivity contribution < 1.29 is 13.2 Å². The molecule has 0 aliphatic carbocycles. The minimum atomic E-state index is -3.61. The third-order valence-electron chi connectivity index (χ3n) is 5.22. The predicted octanol–water partition coefficient (Wildman–Crippen LogP) is 3.45. The molecule has 0 bridgehead atoms. The number of fused-ring (bicyclic) bond motifs is 3. The zero-order valence-electron chi connectivity index (χ0n) is 15.0. The summed E-state index contributed by atoms with van der Waals surface area (Å²) in [6.07, 6.45) is 1.15. The Bertz CT molecular complexity index is 907. The summed E-state index contributed by atoms with van der Waals surface area (Å²) in [5.41, 5.74) is 2.81. The Morgan fingerprint density at radius 2 is 1.92 bits per heavy atom. The number of piperidine rings is 1. The van der Waals surface area contributed by atoms with E-state index in [1.54, 1.807) is 18.2 Å². The van der Waals surface area contributed by atoms with E-state index in [2.05, 4.69) is 23.9 Å². The zero-order chi connectivity index (χ0) is 18.3. The van der Waals surface area contributed by atoms with Crippen molar-refractivity contribution in [1.29, 1.82) is 0 Å². The van der Waals surface area contributed by atoms with E-state index in [9.17, 15) is 8.42 Å². The van der Waals surface area contributed by atoms with Crippen LogP contribution in [0.1, 0.15) is 43.2 Å². The molecular weight excluding hydrogens is 348 g/mol. The maximum Gasteiger partial charge on any atom is 0.261 e. The quantitative estimate of drug-likeness (QED) is 0.863. The standard InChI is InChI=1S/C20H24N2O3S/c1-13(2)14-3-6-16(7-4-14)26(23,24)22-15-5-8-19-18(11-15)17-9-10-21-12-20(17)25-19/h3-8,11,13,17,20-22H,9-10,12H2,1-2H3. The van der Waals surface area contributed by atoms with E-state index < -0.39 is 10.0 Å². The fourth-order valence-electron chi connectivity index (χ4n) is 3.73. The largest absolute Gasteiger partial charge is 0.488 e. The Balaban J connectivity index is 1.57. The van der Waals surface area contributed by atoms with Crippen molar-refractivity contribution >= 4 is 15.7 Å². The normalized spacial score (nSPS) is 21.8. The van der Waals surface area contributed by atoms with Gasteiger partial charge in [0.05, 0.1) is 4.90 Å². The van der Waals surface area contributed by atoms with Crippen LogP contribution in [0.2, 0.25) is 0 Å².